The van der Waals surface area contributed by atoms with Crippen molar-refractivity contribution in [3.05, 3.63) is 94.5 Å². The molecule has 2 aliphatic heterocycles. The first-order valence-corrected chi connectivity index (χ1v) is 10.9. The lowest BCUT2D eigenvalue weighted by Gasteiger charge is -2.28. The summed E-state index contributed by atoms with van der Waals surface area (Å²) < 4.78 is 5.44. The van der Waals surface area contributed by atoms with Gasteiger partial charge in [-0.1, -0.05) is 30.3 Å². The van der Waals surface area contributed by atoms with Crippen molar-refractivity contribution in [3.8, 4) is 5.75 Å². The molecular formula is C25H21N3O6. The molecule has 2 saturated heterocycles. The lowest BCUT2D eigenvalue weighted by molar-refractivity contribution is -0.385. The second-order valence-electron chi connectivity index (χ2n) is 7.91. The molecule has 0 saturated carbocycles. The smallest absolute Gasteiger partial charge is 0.274 e. The molecule has 2 amide bonds. The fourth-order valence-electron chi connectivity index (χ4n) is 4.55. The molecule has 2 aliphatic rings. The minimum Gasteiger partial charge on any atom is -0.494 e. The van der Waals surface area contributed by atoms with Crippen molar-refractivity contribution in [2.45, 2.75) is 19.1 Å². The average Bonchev–Trinajstić information content (AvgIpc) is 3.36. The number of ether oxygens (including phenoxy) is 1. The second kappa shape index (κ2) is 8.60. The van der Waals surface area contributed by atoms with Crippen LogP contribution in [0.3, 0.4) is 0 Å². The standard InChI is InChI=1S/C25H21N3O6/c1-2-33-18-14-12-16(13-15-18)26-24(29)21-22(19-10-6-7-11-20(19)28(31)32)27(34-23(21)25(26)30)17-8-4-3-5-9-17/h3-15,21-23H,2H2,1H3/t21-,22-,23+/m1/s1. The van der Waals surface area contributed by atoms with E-state index in [1.807, 2.05) is 13.0 Å². The quantitative estimate of drug-likeness (QED) is 0.311. The molecule has 3 atom stereocenters. The number of nitro benzene ring substituents is 1. The van der Waals surface area contributed by atoms with E-state index in [9.17, 15) is 19.7 Å². The largest absolute Gasteiger partial charge is 0.494 e. The van der Waals surface area contributed by atoms with Crippen molar-refractivity contribution >= 4 is 28.9 Å². The number of anilines is 2. The molecule has 0 aromatic heterocycles. The van der Waals surface area contributed by atoms with Gasteiger partial charge >= 0.3 is 0 Å². The molecule has 9 heteroatoms. The normalized spacial score (nSPS) is 21.6. The second-order valence-corrected chi connectivity index (χ2v) is 7.91. The van der Waals surface area contributed by atoms with Gasteiger partial charge < -0.3 is 4.74 Å². The zero-order chi connectivity index (χ0) is 23.8. The number of hydrogen-bond acceptors (Lipinski definition) is 7. The summed E-state index contributed by atoms with van der Waals surface area (Å²) in [5, 5.41) is 13.3. The SMILES string of the molecule is CCOc1ccc(N2C(=O)[C@H]3[C@H](ON(c4ccccc4)[C@@H]3c3ccccc3[N+](=O)[O-])C2=O)cc1. The number of carbonyl (C=O) groups excluding carboxylic acids is 2. The summed E-state index contributed by atoms with van der Waals surface area (Å²) in [4.78, 5) is 45.5. The van der Waals surface area contributed by atoms with Gasteiger partial charge in [-0.2, -0.15) is 0 Å². The molecule has 0 bridgehead atoms. The first-order chi connectivity index (χ1) is 16.5. The number of fused-ring (bicyclic) bond motifs is 1. The number of nitro groups is 1. The Morgan fingerprint density at radius 2 is 1.59 bits per heavy atom. The van der Waals surface area contributed by atoms with Crippen molar-refractivity contribution in [3.63, 3.8) is 0 Å². The number of hydroxylamine groups is 1. The molecule has 0 N–H and O–H groups in total. The van der Waals surface area contributed by atoms with Crippen LogP contribution < -0.4 is 14.7 Å². The van der Waals surface area contributed by atoms with Crippen molar-refractivity contribution in [1.82, 2.24) is 0 Å². The minimum atomic E-state index is -1.11. The minimum absolute atomic E-state index is 0.141. The van der Waals surface area contributed by atoms with Gasteiger partial charge in [-0.05, 0) is 49.4 Å². The molecular weight excluding hydrogens is 438 g/mol. The zero-order valence-corrected chi connectivity index (χ0v) is 18.2. The Kier molecular flexibility index (Phi) is 5.46. The van der Waals surface area contributed by atoms with Crippen molar-refractivity contribution in [2.24, 2.45) is 5.92 Å². The summed E-state index contributed by atoms with van der Waals surface area (Å²) in [7, 11) is 0. The number of hydrogen-bond donors (Lipinski definition) is 0. The highest BCUT2D eigenvalue weighted by Gasteiger charge is 2.61. The molecule has 2 heterocycles. The highest BCUT2D eigenvalue weighted by molar-refractivity contribution is 6.24. The number of nitrogens with zero attached hydrogens (tertiary/aromatic N) is 3. The van der Waals surface area contributed by atoms with Crippen molar-refractivity contribution in [2.75, 3.05) is 16.6 Å². The third-order valence-corrected chi connectivity index (χ3v) is 5.98. The Morgan fingerprint density at radius 3 is 2.26 bits per heavy atom. The number of benzene rings is 3. The number of carbonyl (C=O) groups is 2. The van der Waals surface area contributed by atoms with Gasteiger partial charge in [0.2, 0.25) is 5.91 Å². The molecule has 2 fully saturated rings. The molecule has 0 radical (unpaired) electrons. The van der Waals surface area contributed by atoms with E-state index in [4.69, 9.17) is 9.57 Å². The molecule has 0 spiro atoms. The van der Waals surface area contributed by atoms with Gasteiger partial charge in [0.25, 0.3) is 11.6 Å². The Balaban J connectivity index is 1.58. The molecule has 172 valence electrons. The van der Waals surface area contributed by atoms with Crippen LogP contribution in [0.1, 0.15) is 18.5 Å². The molecule has 3 aromatic rings. The number of para-hydroxylation sites is 2. The summed E-state index contributed by atoms with van der Waals surface area (Å²) in [6, 6.07) is 20.9. The molecule has 34 heavy (non-hydrogen) atoms. The van der Waals surface area contributed by atoms with Crippen LogP contribution in [-0.2, 0) is 14.4 Å². The van der Waals surface area contributed by atoms with E-state index in [0.717, 1.165) is 4.90 Å². The van der Waals surface area contributed by atoms with E-state index in [-0.39, 0.29) is 5.69 Å². The highest BCUT2D eigenvalue weighted by atomic mass is 16.7. The topological polar surface area (TPSA) is 102 Å². The van der Waals surface area contributed by atoms with Crippen LogP contribution in [0.5, 0.6) is 5.75 Å². The monoisotopic (exact) mass is 459 g/mol. The van der Waals surface area contributed by atoms with Gasteiger partial charge in [-0.25, -0.2) is 9.96 Å². The molecule has 0 aliphatic carbocycles. The number of rotatable bonds is 6. The lowest BCUT2D eigenvalue weighted by Crippen LogP contribution is -2.37. The van der Waals surface area contributed by atoms with Crippen LogP contribution in [0.2, 0.25) is 0 Å². The third-order valence-electron chi connectivity index (χ3n) is 5.98. The zero-order valence-electron chi connectivity index (χ0n) is 18.2. The van der Waals surface area contributed by atoms with Gasteiger partial charge in [0, 0.05) is 6.07 Å². The predicted molar refractivity (Wildman–Crippen MR) is 123 cm³/mol. The highest BCUT2D eigenvalue weighted by Crippen LogP contribution is 2.49. The fourth-order valence-corrected chi connectivity index (χ4v) is 4.55. The van der Waals surface area contributed by atoms with Crippen LogP contribution in [0.15, 0.2) is 78.9 Å². The predicted octanol–water partition coefficient (Wildman–Crippen LogP) is 4.04. The number of imide groups is 1. The van der Waals surface area contributed by atoms with Crippen LogP contribution in [0.4, 0.5) is 17.1 Å². The van der Waals surface area contributed by atoms with Gasteiger partial charge in [-0.3, -0.25) is 24.5 Å². The van der Waals surface area contributed by atoms with Gasteiger partial charge in [-0.15, -0.1) is 0 Å². The Bertz CT molecular complexity index is 1250. The lowest BCUT2D eigenvalue weighted by atomic mass is 9.89. The third kappa shape index (κ3) is 3.46. The molecule has 3 aromatic carbocycles. The van der Waals surface area contributed by atoms with Crippen LogP contribution in [-0.4, -0.2) is 29.4 Å². The summed E-state index contributed by atoms with van der Waals surface area (Å²) >= 11 is 0. The van der Waals surface area contributed by atoms with Crippen LogP contribution in [0, 0.1) is 16.0 Å². The maximum Gasteiger partial charge on any atom is 0.274 e. The van der Waals surface area contributed by atoms with E-state index in [1.165, 1.54) is 11.1 Å². The summed E-state index contributed by atoms with van der Waals surface area (Å²) in [5.74, 6) is -1.32. The van der Waals surface area contributed by atoms with Gasteiger partial charge in [0.1, 0.15) is 17.7 Å². The molecule has 0 unspecified atom stereocenters. The van der Waals surface area contributed by atoms with E-state index in [1.54, 1.807) is 66.7 Å². The first kappa shape index (κ1) is 21.6. The molecule has 9 nitrogen and oxygen atoms in total. The van der Waals surface area contributed by atoms with Crippen LogP contribution >= 0.6 is 0 Å². The Morgan fingerprint density at radius 1 is 0.912 bits per heavy atom. The van der Waals surface area contributed by atoms with E-state index >= 15 is 0 Å². The fraction of sp³-hybridized carbons (Fsp3) is 0.200. The van der Waals surface area contributed by atoms with E-state index in [2.05, 4.69) is 0 Å². The van der Waals surface area contributed by atoms with Crippen molar-refractivity contribution < 1.29 is 24.1 Å². The maximum absolute atomic E-state index is 13.6. The summed E-state index contributed by atoms with van der Waals surface area (Å²) in [6.45, 7) is 2.35. The van der Waals surface area contributed by atoms with E-state index < -0.39 is 34.8 Å². The first-order valence-electron chi connectivity index (χ1n) is 10.9. The number of amides is 2. The van der Waals surface area contributed by atoms with E-state index in [0.29, 0.717) is 29.3 Å². The van der Waals surface area contributed by atoms with Gasteiger partial charge in [0.05, 0.1) is 28.5 Å². The molecule has 5 rings (SSSR count). The van der Waals surface area contributed by atoms with Crippen molar-refractivity contribution in [1.29, 1.82) is 0 Å². The van der Waals surface area contributed by atoms with Crippen LogP contribution in [0.25, 0.3) is 0 Å². The maximum atomic E-state index is 13.6. The average molecular weight is 459 g/mol. The summed E-state index contributed by atoms with van der Waals surface area (Å²) in [5.41, 5.74) is 1.15. The Labute approximate surface area is 195 Å². The van der Waals surface area contributed by atoms with Gasteiger partial charge in [0.15, 0.2) is 6.10 Å². The Hall–Kier alpha value is -4.24. The summed E-state index contributed by atoms with van der Waals surface area (Å²) in [6.07, 6.45) is -1.11.